The van der Waals surface area contributed by atoms with Crippen molar-refractivity contribution in [1.29, 1.82) is 0 Å². The van der Waals surface area contributed by atoms with Crippen LogP contribution in [-0.2, 0) is 4.74 Å². The second-order valence-corrected chi connectivity index (χ2v) is 5.18. The van der Waals surface area contributed by atoms with E-state index in [0.29, 0.717) is 44.2 Å². The lowest BCUT2D eigenvalue weighted by Gasteiger charge is -2.16. The summed E-state index contributed by atoms with van der Waals surface area (Å²) >= 11 is 0. The van der Waals surface area contributed by atoms with Gasteiger partial charge in [0.05, 0.1) is 19.3 Å². The summed E-state index contributed by atoms with van der Waals surface area (Å²) < 4.78 is 10.9. The first-order valence-corrected chi connectivity index (χ1v) is 6.90. The molecule has 2 saturated heterocycles. The van der Waals surface area contributed by atoms with Crippen molar-refractivity contribution < 1.29 is 19.4 Å². The Morgan fingerprint density at radius 3 is 3.10 bits per heavy atom. The Hall–Kier alpha value is -1.66. The molecule has 108 valence electrons. The third kappa shape index (κ3) is 2.91. The Labute approximate surface area is 117 Å². The molecule has 2 aliphatic heterocycles. The third-order valence-corrected chi connectivity index (χ3v) is 3.61. The van der Waals surface area contributed by atoms with Crippen molar-refractivity contribution in [2.45, 2.75) is 25.0 Å². The molecular formula is C14H18N2O4. The molecule has 3 heterocycles. The molecule has 2 fully saturated rings. The van der Waals surface area contributed by atoms with Crippen molar-refractivity contribution in [3.05, 3.63) is 23.9 Å². The van der Waals surface area contributed by atoms with Gasteiger partial charge in [-0.25, -0.2) is 4.98 Å². The maximum atomic E-state index is 12.3. The topological polar surface area (TPSA) is 71.9 Å². The average molecular weight is 278 g/mol. The Balaban J connectivity index is 1.68. The molecule has 1 aromatic rings. The van der Waals surface area contributed by atoms with Gasteiger partial charge in [-0.05, 0) is 12.5 Å². The molecule has 2 atom stereocenters. The van der Waals surface area contributed by atoms with Crippen LogP contribution in [0.25, 0.3) is 0 Å². The molecule has 0 aromatic carbocycles. The summed E-state index contributed by atoms with van der Waals surface area (Å²) in [6.45, 7) is 2.26. The van der Waals surface area contributed by atoms with Gasteiger partial charge in [0.1, 0.15) is 6.10 Å². The molecular weight excluding hydrogens is 260 g/mol. The van der Waals surface area contributed by atoms with Gasteiger partial charge in [0, 0.05) is 37.3 Å². The highest BCUT2D eigenvalue weighted by Crippen LogP contribution is 2.18. The normalized spacial score (nSPS) is 25.9. The first kappa shape index (κ1) is 13.3. The number of nitrogens with zero attached hydrogens (tertiary/aromatic N) is 2. The molecule has 3 rings (SSSR count). The van der Waals surface area contributed by atoms with Gasteiger partial charge in [-0.15, -0.1) is 0 Å². The van der Waals surface area contributed by atoms with Crippen LogP contribution in [0.15, 0.2) is 18.3 Å². The van der Waals surface area contributed by atoms with E-state index in [0.717, 1.165) is 6.42 Å². The van der Waals surface area contributed by atoms with Gasteiger partial charge in [-0.1, -0.05) is 0 Å². The van der Waals surface area contributed by atoms with Gasteiger partial charge in [-0.2, -0.15) is 0 Å². The van der Waals surface area contributed by atoms with Gasteiger partial charge < -0.3 is 19.5 Å². The summed E-state index contributed by atoms with van der Waals surface area (Å²) in [7, 11) is 0. The largest absolute Gasteiger partial charge is 0.472 e. The lowest BCUT2D eigenvalue weighted by molar-refractivity contribution is 0.0763. The van der Waals surface area contributed by atoms with E-state index >= 15 is 0 Å². The summed E-state index contributed by atoms with van der Waals surface area (Å²) in [6.07, 6.45) is 2.66. The first-order chi connectivity index (χ1) is 9.72. The number of amides is 1. The summed E-state index contributed by atoms with van der Waals surface area (Å²) in [5, 5.41) is 9.49. The summed E-state index contributed by atoms with van der Waals surface area (Å²) in [6, 6.07) is 3.33. The molecule has 0 aliphatic carbocycles. The van der Waals surface area contributed by atoms with Crippen LogP contribution in [0.3, 0.4) is 0 Å². The number of pyridine rings is 1. The van der Waals surface area contributed by atoms with Crippen LogP contribution >= 0.6 is 0 Å². The number of aliphatic hydroxyl groups excluding tert-OH is 1. The summed E-state index contributed by atoms with van der Waals surface area (Å²) in [4.78, 5) is 18.1. The van der Waals surface area contributed by atoms with Crippen LogP contribution < -0.4 is 4.74 Å². The van der Waals surface area contributed by atoms with E-state index in [4.69, 9.17) is 9.47 Å². The minimum atomic E-state index is -0.410. The highest BCUT2D eigenvalue weighted by atomic mass is 16.5. The fourth-order valence-corrected chi connectivity index (χ4v) is 2.49. The summed E-state index contributed by atoms with van der Waals surface area (Å²) in [5.41, 5.74) is 0.544. The van der Waals surface area contributed by atoms with E-state index in [2.05, 4.69) is 4.98 Å². The molecule has 6 nitrogen and oxygen atoms in total. The van der Waals surface area contributed by atoms with Crippen LogP contribution in [0, 0.1) is 0 Å². The van der Waals surface area contributed by atoms with Gasteiger partial charge in [0.15, 0.2) is 0 Å². The number of rotatable bonds is 3. The Kier molecular flexibility index (Phi) is 3.84. The zero-order valence-electron chi connectivity index (χ0n) is 11.2. The fraction of sp³-hybridized carbons (Fsp3) is 0.571. The van der Waals surface area contributed by atoms with Crippen LogP contribution in [-0.4, -0.2) is 59.4 Å². The SMILES string of the molecule is O=C(c1ccnc(OC2CCOC2)c1)N1CCC(O)C1. The van der Waals surface area contributed by atoms with Crippen molar-refractivity contribution in [3.63, 3.8) is 0 Å². The van der Waals surface area contributed by atoms with Crippen LogP contribution in [0.2, 0.25) is 0 Å². The number of carbonyl (C=O) groups excluding carboxylic acids is 1. The molecule has 1 amide bonds. The van der Waals surface area contributed by atoms with Crippen molar-refractivity contribution in [1.82, 2.24) is 9.88 Å². The third-order valence-electron chi connectivity index (χ3n) is 3.61. The second-order valence-electron chi connectivity index (χ2n) is 5.18. The van der Waals surface area contributed by atoms with Crippen LogP contribution in [0.1, 0.15) is 23.2 Å². The average Bonchev–Trinajstić information content (AvgIpc) is 3.10. The molecule has 2 unspecified atom stereocenters. The number of hydrogen-bond acceptors (Lipinski definition) is 5. The van der Waals surface area contributed by atoms with E-state index in [1.807, 2.05) is 0 Å². The second kappa shape index (κ2) is 5.76. The van der Waals surface area contributed by atoms with E-state index in [1.54, 1.807) is 23.2 Å². The highest BCUT2D eigenvalue weighted by molar-refractivity contribution is 5.94. The maximum absolute atomic E-state index is 12.3. The zero-order valence-corrected chi connectivity index (χ0v) is 11.2. The molecule has 1 aromatic heterocycles. The highest BCUT2D eigenvalue weighted by Gasteiger charge is 2.26. The van der Waals surface area contributed by atoms with E-state index in [1.165, 1.54) is 0 Å². The van der Waals surface area contributed by atoms with Crippen molar-refractivity contribution in [2.24, 2.45) is 0 Å². The molecule has 1 N–H and O–H groups in total. The molecule has 0 bridgehead atoms. The van der Waals surface area contributed by atoms with Gasteiger partial charge in [-0.3, -0.25) is 4.79 Å². The Morgan fingerprint density at radius 2 is 2.40 bits per heavy atom. The lowest BCUT2D eigenvalue weighted by atomic mass is 10.2. The van der Waals surface area contributed by atoms with E-state index < -0.39 is 6.10 Å². The Bertz CT molecular complexity index is 488. The number of carbonyl (C=O) groups is 1. The standard InChI is InChI=1S/C14H18N2O4/c17-11-2-5-16(8-11)14(18)10-1-4-15-13(7-10)20-12-3-6-19-9-12/h1,4,7,11-12,17H,2-3,5-6,8-9H2. The molecule has 2 aliphatic rings. The summed E-state index contributed by atoms with van der Waals surface area (Å²) in [5.74, 6) is 0.363. The van der Waals surface area contributed by atoms with Crippen LogP contribution in [0.5, 0.6) is 5.88 Å². The molecule has 0 spiro atoms. The van der Waals surface area contributed by atoms with Crippen molar-refractivity contribution in [2.75, 3.05) is 26.3 Å². The van der Waals surface area contributed by atoms with E-state index in [-0.39, 0.29) is 12.0 Å². The molecule has 0 saturated carbocycles. The van der Waals surface area contributed by atoms with Gasteiger partial charge in [0.25, 0.3) is 5.91 Å². The number of β-amino-alcohol motifs (C(OH)–C–C–N with tert-alkyl or cyclic N) is 1. The monoisotopic (exact) mass is 278 g/mol. The zero-order chi connectivity index (χ0) is 13.9. The number of aromatic nitrogens is 1. The number of hydrogen-bond donors (Lipinski definition) is 1. The maximum Gasteiger partial charge on any atom is 0.254 e. The molecule has 6 heteroatoms. The quantitative estimate of drug-likeness (QED) is 0.869. The number of ether oxygens (including phenoxy) is 2. The molecule has 20 heavy (non-hydrogen) atoms. The predicted octanol–water partition coefficient (Wildman–Crippen LogP) is 0.456. The van der Waals surface area contributed by atoms with Crippen molar-refractivity contribution >= 4 is 5.91 Å². The first-order valence-electron chi connectivity index (χ1n) is 6.90. The number of likely N-dealkylation sites (tertiary alicyclic amines) is 1. The van der Waals surface area contributed by atoms with Crippen molar-refractivity contribution in [3.8, 4) is 5.88 Å². The smallest absolute Gasteiger partial charge is 0.254 e. The Morgan fingerprint density at radius 1 is 1.50 bits per heavy atom. The minimum Gasteiger partial charge on any atom is -0.472 e. The number of aliphatic hydroxyl groups is 1. The predicted molar refractivity (Wildman–Crippen MR) is 70.6 cm³/mol. The minimum absolute atomic E-state index is 0.0152. The van der Waals surface area contributed by atoms with Gasteiger partial charge in [0.2, 0.25) is 5.88 Å². The fourth-order valence-electron chi connectivity index (χ4n) is 2.49. The van der Waals surface area contributed by atoms with Gasteiger partial charge >= 0.3 is 0 Å². The lowest BCUT2D eigenvalue weighted by Crippen LogP contribution is -2.29. The van der Waals surface area contributed by atoms with Crippen LogP contribution in [0.4, 0.5) is 0 Å². The van der Waals surface area contributed by atoms with E-state index in [9.17, 15) is 9.90 Å². The molecule has 0 radical (unpaired) electrons.